The van der Waals surface area contributed by atoms with Gasteiger partial charge in [0.25, 0.3) is 56.0 Å². The quantitative estimate of drug-likeness (QED) is 0.0416. The number of fused-ring (bicyclic) bond motifs is 8. The van der Waals surface area contributed by atoms with Gasteiger partial charge in [-0.3, -0.25) is 70.7 Å². The van der Waals surface area contributed by atoms with Crippen molar-refractivity contribution in [1.82, 2.24) is 99.5 Å². The molecule has 17 aromatic rings. The van der Waals surface area contributed by atoms with Gasteiger partial charge in [0.05, 0.1) is 145 Å². The zero-order valence-electron chi connectivity index (χ0n) is 73.4. The van der Waals surface area contributed by atoms with Gasteiger partial charge in [0, 0.05) is 124 Å². The predicted octanol–water partition coefficient (Wildman–Crippen LogP) is 11.2. The van der Waals surface area contributed by atoms with Crippen molar-refractivity contribution in [2.24, 2.45) is 28.2 Å². The van der Waals surface area contributed by atoms with Crippen molar-refractivity contribution in [3.8, 4) is 0 Å². The molecule has 12 heterocycles. The minimum Gasteiger partial charge on any atom is -0.328 e. The molecule has 35 nitrogen and oxygen atoms in total. The summed E-state index contributed by atoms with van der Waals surface area (Å²) in [7, 11) is -1.37. The first-order valence-electron chi connectivity index (χ1n) is 41.9. The van der Waals surface area contributed by atoms with Crippen LogP contribution < -0.4 is 22.2 Å². The molecule has 700 valence electrons. The Labute approximate surface area is 781 Å². The van der Waals surface area contributed by atoms with Crippen LogP contribution in [-0.4, -0.2) is 154 Å². The predicted molar refractivity (Wildman–Crippen MR) is 496 cm³/mol. The average Bonchev–Trinajstić information content (AvgIpc) is 1.77. The maximum Gasteiger partial charge on any atom is 0.394 e. The molecule has 42 heteroatoms. The molecular formula is C95H83ClF4N20O15S2. The van der Waals surface area contributed by atoms with Crippen LogP contribution in [-0.2, 0) is 127 Å². The number of aryl methyl sites for hydroxylation is 5. The van der Waals surface area contributed by atoms with Crippen molar-refractivity contribution in [2.45, 2.75) is 89.9 Å². The van der Waals surface area contributed by atoms with E-state index in [1.807, 2.05) is 83.6 Å². The SMILES string of the molecule is Cc1ccc(S(=O)(=O)O)cc1.Cl.Cn1ncc2c1CN(C(=O)c1cc(Cc3n[nH]c(=O)c4ccccc34)ccc1F)C2.Cn1ncc2c1CN(C(=O)c1cc(Cc3n[nH]c(=O)c4ccccc34)ccc1F)C2.Cn1ncc2c1CN(C(=O)c1cc(Cc3n[nH]c(=O)c4ccccc34)ccc1F)C2.Cn1ncc2c1CN(C(=O)c1cc(Cc3n[nH]c(=O)c4ccccc34)ccc1F)C2.O=S(=O)(O)O. The zero-order valence-corrected chi connectivity index (χ0v) is 75.9. The van der Waals surface area contributed by atoms with Crippen LogP contribution in [0.3, 0.4) is 0 Å². The molecule has 0 saturated carbocycles. The molecule has 0 fully saturated rings. The number of H-pyrrole nitrogens is 4. The lowest BCUT2D eigenvalue weighted by Crippen LogP contribution is -2.27. The van der Waals surface area contributed by atoms with E-state index in [2.05, 4.69) is 61.2 Å². The number of aromatic nitrogens is 16. The van der Waals surface area contributed by atoms with E-state index in [1.54, 1.807) is 172 Å². The van der Waals surface area contributed by atoms with Crippen molar-refractivity contribution >= 4 is 99.6 Å². The van der Waals surface area contributed by atoms with Crippen LogP contribution in [0.2, 0.25) is 0 Å². The Hall–Kier alpha value is -16.0. The van der Waals surface area contributed by atoms with Crippen LogP contribution in [0.25, 0.3) is 43.1 Å². The Kier molecular flexibility index (Phi) is 28.0. The number of nitrogens with zero attached hydrogens (tertiary/aromatic N) is 16. The van der Waals surface area contributed by atoms with Gasteiger partial charge in [-0.1, -0.05) is 115 Å². The van der Waals surface area contributed by atoms with Crippen molar-refractivity contribution in [3.05, 3.63) is 401 Å². The first-order chi connectivity index (χ1) is 65.0. The van der Waals surface area contributed by atoms with Crippen LogP contribution in [0.1, 0.15) is 137 Å². The van der Waals surface area contributed by atoms with E-state index < -0.39 is 43.8 Å². The molecule has 0 bridgehead atoms. The minimum absolute atomic E-state index is 0. The normalized spacial score (nSPS) is 12.8. The van der Waals surface area contributed by atoms with Crippen LogP contribution in [0.5, 0.6) is 0 Å². The second kappa shape index (κ2) is 40.1. The summed E-state index contributed by atoms with van der Waals surface area (Å²) in [5.41, 5.74) is 13.4. The number of carbonyl (C=O) groups is 4. The third-order valence-electron chi connectivity index (χ3n) is 23.5. The second-order valence-corrected chi connectivity index (χ2v) is 34.8. The summed E-state index contributed by atoms with van der Waals surface area (Å²) >= 11 is 0. The molecule has 0 radical (unpaired) electrons. The number of hydrogen-bond donors (Lipinski definition) is 7. The van der Waals surface area contributed by atoms with E-state index in [4.69, 9.17) is 22.1 Å². The monoisotopic (exact) mass is 1920 g/mol. The molecule has 0 aliphatic carbocycles. The number of amides is 4. The van der Waals surface area contributed by atoms with Gasteiger partial charge in [0.1, 0.15) is 23.3 Å². The van der Waals surface area contributed by atoms with Crippen LogP contribution in [0.15, 0.2) is 243 Å². The van der Waals surface area contributed by atoms with Gasteiger partial charge in [-0.2, -0.15) is 57.6 Å². The Bertz CT molecular complexity index is 7280. The van der Waals surface area contributed by atoms with E-state index in [9.17, 15) is 64.3 Å². The second-order valence-electron chi connectivity index (χ2n) is 32.5. The van der Waals surface area contributed by atoms with Crippen molar-refractivity contribution in [3.63, 3.8) is 0 Å². The number of hydrogen-bond acceptors (Lipinski definition) is 20. The Morgan fingerprint density at radius 1 is 0.328 bits per heavy atom. The molecule has 7 N–H and O–H groups in total. The molecule has 4 amide bonds. The highest BCUT2D eigenvalue weighted by Crippen LogP contribution is 2.33. The topological polar surface area (TPSA) is 464 Å². The lowest BCUT2D eigenvalue weighted by atomic mass is 10.0. The van der Waals surface area contributed by atoms with Gasteiger partial charge >= 0.3 is 10.4 Å². The maximum atomic E-state index is 14.5. The van der Waals surface area contributed by atoms with Gasteiger partial charge in [0.15, 0.2) is 0 Å². The highest BCUT2D eigenvalue weighted by molar-refractivity contribution is 7.85. The molecule has 8 aromatic heterocycles. The molecule has 0 saturated heterocycles. The van der Waals surface area contributed by atoms with Crippen LogP contribution in [0.4, 0.5) is 17.6 Å². The molecule has 137 heavy (non-hydrogen) atoms. The molecule has 21 rings (SSSR count). The molecule has 9 aromatic carbocycles. The van der Waals surface area contributed by atoms with E-state index in [-0.39, 0.29) is 85.4 Å². The summed E-state index contributed by atoms with van der Waals surface area (Å²) < 4.78 is 126. The van der Waals surface area contributed by atoms with Gasteiger partial charge in [-0.25, -0.2) is 38.0 Å². The largest absolute Gasteiger partial charge is 0.394 e. The molecule has 0 atom stereocenters. The number of rotatable bonds is 13. The highest BCUT2D eigenvalue weighted by atomic mass is 35.5. The number of carbonyl (C=O) groups excluding carboxylic acids is 4. The van der Waals surface area contributed by atoms with Crippen LogP contribution >= 0.6 is 12.4 Å². The molecule has 0 spiro atoms. The third kappa shape index (κ3) is 21.3. The van der Waals surface area contributed by atoms with Crippen LogP contribution in [0, 0.1) is 30.2 Å². The molecule has 4 aliphatic rings. The van der Waals surface area contributed by atoms with E-state index in [0.29, 0.717) is 122 Å². The standard InChI is InChI=1S/4C22H18FN5O2.C7H8O3S.ClH.H2O4S/c4*1-27-20-12-28(11-14(20)10-24-27)22(30)17-8-13(6-7-18(17)23)9-19-15-4-2-3-5-16(15)21(29)26-25-19;1-6-2-4-7(5-3-6)11(8,9)10;;1-5(2,3)4/h4*2-8,10H,9,11-12H2,1H3,(H,26,29);2-5H,1H3,(H,8,9,10);1H;(H2,1,2,3,4). The molecular weight excluding hydrogens is 1840 g/mol. The first-order valence-corrected chi connectivity index (χ1v) is 44.8. The summed E-state index contributed by atoms with van der Waals surface area (Å²) in [6.45, 7) is 5.11. The minimum atomic E-state index is -4.67. The lowest BCUT2D eigenvalue weighted by Gasteiger charge is -2.17. The fourth-order valence-corrected chi connectivity index (χ4v) is 17.0. The van der Waals surface area contributed by atoms with Gasteiger partial charge in [-0.05, 0) is 114 Å². The smallest absolute Gasteiger partial charge is 0.328 e. The summed E-state index contributed by atoms with van der Waals surface area (Å²) in [6, 6.07) is 52.8. The summed E-state index contributed by atoms with van der Waals surface area (Å²) in [5, 5.41) is 48.6. The van der Waals surface area contributed by atoms with Crippen molar-refractivity contribution < 1.29 is 67.2 Å². The Morgan fingerprint density at radius 3 is 0.745 bits per heavy atom. The van der Waals surface area contributed by atoms with Gasteiger partial charge < -0.3 is 19.6 Å². The Morgan fingerprint density at radius 2 is 0.540 bits per heavy atom. The lowest BCUT2D eigenvalue weighted by molar-refractivity contribution is 0.0736. The number of nitrogens with one attached hydrogen (secondary N) is 4. The molecule has 0 unspecified atom stereocenters. The van der Waals surface area contributed by atoms with E-state index >= 15 is 0 Å². The number of benzene rings is 9. The third-order valence-corrected chi connectivity index (χ3v) is 24.4. The van der Waals surface area contributed by atoms with Gasteiger partial charge in [0.2, 0.25) is 0 Å². The fourth-order valence-electron chi connectivity index (χ4n) is 16.5. The molecule has 4 aliphatic heterocycles. The summed E-state index contributed by atoms with van der Waals surface area (Å²) in [6.07, 6.45) is 8.41. The summed E-state index contributed by atoms with van der Waals surface area (Å²) in [5.74, 6) is -3.66. The van der Waals surface area contributed by atoms with Crippen molar-refractivity contribution in [1.29, 1.82) is 0 Å². The average molecular weight is 1920 g/mol. The fraction of sp³-hybridized carbons (Fsp3) is 0.179. The number of halogens is 5. The van der Waals surface area contributed by atoms with Gasteiger partial charge in [-0.15, -0.1) is 12.4 Å². The summed E-state index contributed by atoms with van der Waals surface area (Å²) in [4.78, 5) is 106. The highest BCUT2D eigenvalue weighted by Gasteiger charge is 2.34. The van der Waals surface area contributed by atoms with Crippen molar-refractivity contribution in [2.75, 3.05) is 0 Å². The van der Waals surface area contributed by atoms with E-state index in [0.717, 1.165) is 94.4 Å². The first kappa shape index (κ1) is 95.7. The Balaban J connectivity index is 0.000000131. The number of aromatic amines is 4. The maximum absolute atomic E-state index is 14.5. The zero-order chi connectivity index (χ0) is 96.3. The van der Waals surface area contributed by atoms with E-state index in [1.165, 1.54) is 36.4 Å².